The predicted octanol–water partition coefficient (Wildman–Crippen LogP) is 1.81. The van der Waals surface area contributed by atoms with Crippen molar-refractivity contribution in [3.63, 3.8) is 0 Å². The van der Waals surface area contributed by atoms with E-state index in [2.05, 4.69) is 48.3 Å². The molecule has 1 atom stereocenters. The largest absolute Gasteiger partial charge is 0.379 e. The maximum absolute atomic E-state index is 5.36. The quantitative estimate of drug-likeness (QED) is 0.860. The highest BCUT2D eigenvalue weighted by molar-refractivity contribution is 5.21. The second kappa shape index (κ2) is 6.88. The molecular weight excluding hydrogens is 224 g/mol. The average Bonchev–Trinajstić information content (AvgIpc) is 2.39. The topological polar surface area (TPSA) is 24.5 Å². The van der Waals surface area contributed by atoms with E-state index in [0.29, 0.717) is 6.04 Å². The minimum Gasteiger partial charge on any atom is -0.379 e. The molecule has 0 radical (unpaired) electrons. The van der Waals surface area contributed by atoms with Gasteiger partial charge in [-0.15, -0.1) is 0 Å². The Kier molecular flexibility index (Phi) is 5.17. The normalized spacial score (nSPS) is 18.8. The Morgan fingerprint density at radius 1 is 1.22 bits per heavy atom. The molecule has 18 heavy (non-hydrogen) atoms. The fourth-order valence-electron chi connectivity index (χ4n) is 2.23. The van der Waals surface area contributed by atoms with E-state index < -0.39 is 0 Å². The first-order valence-electron chi connectivity index (χ1n) is 6.83. The van der Waals surface area contributed by atoms with Crippen LogP contribution in [0.1, 0.15) is 18.1 Å². The van der Waals surface area contributed by atoms with E-state index in [4.69, 9.17) is 4.74 Å². The summed E-state index contributed by atoms with van der Waals surface area (Å²) in [6.07, 6.45) is 0. The standard InChI is InChI=1S/C15H24N2O/c1-13-3-5-15(6-4-13)11-16-14(2)12-17-7-9-18-10-8-17/h3-6,14,16H,7-12H2,1-2H3. The van der Waals surface area contributed by atoms with Gasteiger partial charge in [0.1, 0.15) is 0 Å². The van der Waals surface area contributed by atoms with Crippen molar-refractivity contribution < 1.29 is 4.74 Å². The summed E-state index contributed by atoms with van der Waals surface area (Å²) in [4.78, 5) is 2.47. The molecule has 2 rings (SSSR count). The average molecular weight is 248 g/mol. The van der Waals surface area contributed by atoms with Crippen LogP contribution in [-0.4, -0.2) is 43.8 Å². The van der Waals surface area contributed by atoms with E-state index in [0.717, 1.165) is 39.4 Å². The lowest BCUT2D eigenvalue weighted by atomic mass is 10.1. The zero-order valence-corrected chi connectivity index (χ0v) is 11.5. The summed E-state index contributed by atoms with van der Waals surface area (Å²) in [5.41, 5.74) is 2.68. The van der Waals surface area contributed by atoms with Crippen LogP contribution in [0.5, 0.6) is 0 Å². The van der Waals surface area contributed by atoms with Gasteiger partial charge in [-0.3, -0.25) is 4.90 Å². The molecule has 0 amide bonds. The Balaban J connectivity index is 1.70. The predicted molar refractivity (Wildman–Crippen MR) is 74.7 cm³/mol. The first kappa shape index (κ1) is 13.5. The van der Waals surface area contributed by atoms with Gasteiger partial charge in [0, 0.05) is 32.2 Å². The molecule has 3 heteroatoms. The molecule has 0 aliphatic carbocycles. The summed E-state index contributed by atoms with van der Waals surface area (Å²) < 4.78 is 5.36. The molecule has 1 aromatic carbocycles. The summed E-state index contributed by atoms with van der Waals surface area (Å²) in [6, 6.07) is 9.25. The second-order valence-corrected chi connectivity index (χ2v) is 5.18. The molecule has 0 saturated carbocycles. The fraction of sp³-hybridized carbons (Fsp3) is 0.600. The fourth-order valence-corrected chi connectivity index (χ4v) is 2.23. The van der Waals surface area contributed by atoms with Crippen molar-refractivity contribution in [2.75, 3.05) is 32.8 Å². The molecule has 100 valence electrons. The summed E-state index contributed by atoms with van der Waals surface area (Å²) in [7, 11) is 0. The lowest BCUT2D eigenvalue weighted by Crippen LogP contribution is -2.44. The number of ether oxygens (including phenoxy) is 1. The van der Waals surface area contributed by atoms with Gasteiger partial charge < -0.3 is 10.1 Å². The number of nitrogens with one attached hydrogen (secondary N) is 1. The van der Waals surface area contributed by atoms with Crippen LogP contribution in [0.2, 0.25) is 0 Å². The van der Waals surface area contributed by atoms with Crippen molar-refractivity contribution in [3.05, 3.63) is 35.4 Å². The lowest BCUT2D eigenvalue weighted by molar-refractivity contribution is 0.0343. The van der Waals surface area contributed by atoms with Crippen LogP contribution in [0, 0.1) is 6.92 Å². The van der Waals surface area contributed by atoms with E-state index in [1.807, 2.05) is 0 Å². The van der Waals surface area contributed by atoms with Crippen molar-refractivity contribution >= 4 is 0 Å². The van der Waals surface area contributed by atoms with Crippen molar-refractivity contribution in [1.82, 2.24) is 10.2 Å². The second-order valence-electron chi connectivity index (χ2n) is 5.18. The Morgan fingerprint density at radius 2 is 1.89 bits per heavy atom. The molecule has 1 heterocycles. The van der Waals surface area contributed by atoms with Crippen molar-refractivity contribution in [1.29, 1.82) is 0 Å². The van der Waals surface area contributed by atoms with E-state index in [1.165, 1.54) is 11.1 Å². The number of hydrogen-bond acceptors (Lipinski definition) is 3. The van der Waals surface area contributed by atoms with Crippen LogP contribution in [0.25, 0.3) is 0 Å². The third-order valence-corrected chi connectivity index (χ3v) is 3.41. The zero-order chi connectivity index (χ0) is 12.8. The number of aryl methyl sites for hydroxylation is 1. The van der Waals surface area contributed by atoms with Crippen LogP contribution >= 0.6 is 0 Å². The number of hydrogen-bond donors (Lipinski definition) is 1. The van der Waals surface area contributed by atoms with Gasteiger partial charge in [-0.1, -0.05) is 29.8 Å². The number of benzene rings is 1. The molecule has 1 fully saturated rings. The van der Waals surface area contributed by atoms with Gasteiger partial charge in [0.25, 0.3) is 0 Å². The van der Waals surface area contributed by atoms with Gasteiger partial charge in [-0.05, 0) is 19.4 Å². The third-order valence-electron chi connectivity index (χ3n) is 3.41. The van der Waals surface area contributed by atoms with E-state index in [-0.39, 0.29) is 0 Å². The van der Waals surface area contributed by atoms with Crippen LogP contribution in [0.4, 0.5) is 0 Å². The number of nitrogens with zero attached hydrogens (tertiary/aromatic N) is 1. The third kappa shape index (κ3) is 4.41. The Labute approximate surface area is 110 Å². The first-order valence-corrected chi connectivity index (χ1v) is 6.83. The Bertz CT molecular complexity index is 344. The molecule has 1 aromatic rings. The summed E-state index contributed by atoms with van der Waals surface area (Å²) >= 11 is 0. The molecule has 1 unspecified atom stereocenters. The first-order chi connectivity index (χ1) is 8.74. The molecule has 1 aliphatic rings. The maximum Gasteiger partial charge on any atom is 0.0594 e. The molecule has 1 aliphatic heterocycles. The SMILES string of the molecule is Cc1ccc(CNC(C)CN2CCOCC2)cc1. The molecule has 0 spiro atoms. The minimum atomic E-state index is 0.518. The zero-order valence-electron chi connectivity index (χ0n) is 11.5. The highest BCUT2D eigenvalue weighted by Crippen LogP contribution is 2.04. The van der Waals surface area contributed by atoms with Gasteiger partial charge in [0.2, 0.25) is 0 Å². The van der Waals surface area contributed by atoms with Gasteiger partial charge >= 0.3 is 0 Å². The smallest absolute Gasteiger partial charge is 0.0594 e. The van der Waals surface area contributed by atoms with Crippen LogP contribution < -0.4 is 5.32 Å². The van der Waals surface area contributed by atoms with Gasteiger partial charge in [-0.2, -0.15) is 0 Å². The van der Waals surface area contributed by atoms with E-state index in [9.17, 15) is 0 Å². The van der Waals surface area contributed by atoms with Gasteiger partial charge in [0.15, 0.2) is 0 Å². The van der Waals surface area contributed by atoms with E-state index in [1.54, 1.807) is 0 Å². The molecule has 0 bridgehead atoms. The number of rotatable bonds is 5. The van der Waals surface area contributed by atoms with Gasteiger partial charge in [0.05, 0.1) is 13.2 Å². The molecule has 1 saturated heterocycles. The highest BCUT2D eigenvalue weighted by Gasteiger charge is 2.13. The summed E-state index contributed by atoms with van der Waals surface area (Å²) in [6.45, 7) is 10.3. The summed E-state index contributed by atoms with van der Waals surface area (Å²) in [5, 5.41) is 3.58. The minimum absolute atomic E-state index is 0.518. The van der Waals surface area contributed by atoms with Crippen molar-refractivity contribution in [2.45, 2.75) is 26.4 Å². The molecule has 1 N–H and O–H groups in total. The monoisotopic (exact) mass is 248 g/mol. The molecular formula is C15H24N2O. The Hall–Kier alpha value is -0.900. The van der Waals surface area contributed by atoms with Crippen molar-refractivity contribution in [2.24, 2.45) is 0 Å². The number of morpholine rings is 1. The molecule has 3 nitrogen and oxygen atoms in total. The Morgan fingerprint density at radius 3 is 2.56 bits per heavy atom. The highest BCUT2D eigenvalue weighted by atomic mass is 16.5. The van der Waals surface area contributed by atoms with Crippen molar-refractivity contribution in [3.8, 4) is 0 Å². The van der Waals surface area contributed by atoms with Crippen LogP contribution in [0.3, 0.4) is 0 Å². The molecule has 0 aromatic heterocycles. The van der Waals surface area contributed by atoms with Gasteiger partial charge in [-0.25, -0.2) is 0 Å². The van der Waals surface area contributed by atoms with E-state index >= 15 is 0 Å². The van der Waals surface area contributed by atoms with Crippen LogP contribution in [-0.2, 0) is 11.3 Å². The maximum atomic E-state index is 5.36. The lowest BCUT2D eigenvalue weighted by Gasteiger charge is -2.29. The van der Waals surface area contributed by atoms with Crippen LogP contribution in [0.15, 0.2) is 24.3 Å². The summed E-state index contributed by atoms with van der Waals surface area (Å²) in [5.74, 6) is 0.